The molecular weight excluding hydrogens is 422 g/mol. The minimum absolute atomic E-state index is 0.0356. The van der Waals surface area contributed by atoms with Crippen molar-refractivity contribution in [2.75, 3.05) is 6.54 Å². The van der Waals surface area contributed by atoms with Crippen LogP contribution in [-0.4, -0.2) is 30.8 Å². The molecule has 4 heterocycles. The van der Waals surface area contributed by atoms with E-state index in [1.165, 1.54) is 16.6 Å². The van der Waals surface area contributed by atoms with Gasteiger partial charge in [-0.25, -0.2) is 4.68 Å². The topological polar surface area (TPSA) is 58.9 Å². The number of nitrogens with one attached hydrogen (secondary N) is 1. The SMILES string of the molecule is Cc1c(CN2CCc3c([nH]c4ccccc34)[C@H]2c2ccccn2)c(=O)n(-c2ccccc2)n1C. The van der Waals surface area contributed by atoms with Crippen LogP contribution < -0.4 is 5.56 Å². The van der Waals surface area contributed by atoms with Crippen LogP contribution in [0.25, 0.3) is 16.6 Å². The molecule has 1 atom stereocenters. The number of rotatable bonds is 4. The van der Waals surface area contributed by atoms with Crippen LogP contribution >= 0.6 is 0 Å². The number of hydrogen-bond acceptors (Lipinski definition) is 3. The van der Waals surface area contributed by atoms with Gasteiger partial charge in [0.15, 0.2) is 0 Å². The molecule has 1 aliphatic rings. The number of pyridine rings is 1. The Bertz CT molecular complexity index is 1530. The number of fused-ring (bicyclic) bond motifs is 3. The first-order valence-corrected chi connectivity index (χ1v) is 11.7. The summed E-state index contributed by atoms with van der Waals surface area (Å²) < 4.78 is 3.72. The minimum Gasteiger partial charge on any atom is -0.357 e. The molecule has 170 valence electrons. The van der Waals surface area contributed by atoms with Gasteiger partial charge in [0.25, 0.3) is 5.56 Å². The number of para-hydroxylation sites is 2. The number of aromatic nitrogens is 4. The van der Waals surface area contributed by atoms with Crippen molar-refractivity contribution in [3.8, 4) is 5.69 Å². The molecule has 2 aromatic carbocycles. The van der Waals surface area contributed by atoms with Gasteiger partial charge in [0.1, 0.15) is 0 Å². The number of H-pyrrole nitrogens is 1. The van der Waals surface area contributed by atoms with Crippen molar-refractivity contribution in [3.63, 3.8) is 0 Å². The van der Waals surface area contributed by atoms with Gasteiger partial charge in [0, 0.05) is 48.6 Å². The summed E-state index contributed by atoms with van der Waals surface area (Å²) in [5.74, 6) is 0. The Morgan fingerprint density at radius 1 is 1.00 bits per heavy atom. The molecule has 0 amide bonds. The highest BCUT2D eigenvalue weighted by molar-refractivity contribution is 5.85. The predicted octanol–water partition coefficient (Wildman–Crippen LogP) is 4.51. The predicted molar refractivity (Wildman–Crippen MR) is 134 cm³/mol. The van der Waals surface area contributed by atoms with Crippen molar-refractivity contribution < 1.29 is 0 Å². The standard InChI is InChI=1S/C28H27N5O/c1-19-23(28(34)33(31(19)2)20-10-4-3-5-11-20)18-32-17-15-22-21-12-6-7-13-24(21)30-26(22)27(32)25-14-8-9-16-29-25/h3-14,16,27,30H,15,17-18H2,1-2H3/t27-/m1/s1. The molecule has 0 bridgehead atoms. The van der Waals surface area contributed by atoms with Crippen LogP contribution in [0.15, 0.2) is 83.8 Å². The van der Waals surface area contributed by atoms with Crippen LogP contribution in [-0.2, 0) is 20.0 Å². The molecule has 0 saturated carbocycles. The second-order valence-electron chi connectivity index (χ2n) is 8.98. The lowest BCUT2D eigenvalue weighted by Gasteiger charge is -2.35. The lowest BCUT2D eigenvalue weighted by Crippen LogP contribution is -2.37. The highest BCUT2D eigenvalue weighted by Gasteiger charge is 2.33. The van der Waals surface area contributed by atoms with Gasteiger partial charge in [-0.05, 0) is 49.2 Å². The molecule has 0 fully saturated rings. The van der Waals surface area contributed by atoms with E-state index in [0.717, 1.165) is 41.1 Å². The van der Waals surface area contributed by atoms with Crippen molar-refractivity contribution >= 4 is 10.9 Å². The number of hydrogen-bond donors (Lipinski definition) is 1. The van der Waals surface area contributed by atoms with Crippen LogP contribution in [0.2, 0.25) is 0 Å². The van der Waals surface area contributed by atoms with Crippen molar-refractivity contribution in [2.45, 2.75) is 25.9 Å². The Morgan fingerprint density at radius 3 is 2.56 bits per heavy atom. The smallest absolute Gasteiger partial charge is 0.276 e. The van der Waals surface area contributed by atoms with Crippen LogP contribution in [0.3, 0.4) is 0 Å². The fraction of sp³-hybridized carbons (Fsp3) is 0.214. The third kappa shape index (κ3) is 3.22. The maximum absolute atomic E-state index is 13.6. The van der Waals surface area contributed by atoms with Gasteiger partial charge in [-0.15, -0.1) is 0 Å². The normalized spacial score (nSPS) is 16.1. The van der Waals surface area contributed by atoms with E-state index in [1.807, 2.05) is 67.3 Å². The molecular formula is C28H27N5O. The summed E-state index contributed by atoms with van der Waals surface area (Å²) in [6.07, 6.45) is 2.78. The molecule has 0 saturated heterocycles. The Morgan fingerprint density at radius 2 is 1.76 bits per heavy atom. The van der Waals surface area contributed by atoms with Crippen LogP contribution in [0, 0.1) is 6.92 Å². The Hall–Kier alpha value is -3.90. The summed E-state index contributed by atoms with van der Waals surface area (Å²) in [5, 5.41) is 1.28. The fourth-order valence-electron chi connectivity index (χ4n) is 5.34. The molecule has 5 aromatic rings. The zero-order valence-corrected chi connectivity index (χ0v) is 19.4. The third-order valence-corrected chi connectivity index (χ3v) is 7.14. The average molecular weight is 450 g/mol. The summed E-state index contributed by atoms with van der Waals surface area (Å²) in [4.78, 5) is 24.4. The number of nitrogens with zero attached hydrogens (tertiary/aromatic N) is 4. The molecule has 6 heteroatoms. The Labute approximate surface area is 198 Å². The Kier molecular flexibility index (Phi) is 4.96. The largest absolute Gasteiger partial charge is 0.357 e. The van der Waals surface area contributed by atoms with Gasteiger partial charge in [0.2, 0.25) is 0 Å². The Balaban J connectivity index is 1.46. The van der Waals surface area contributed by atoms with Gasteiger partial charge in [-0.1, -0.05) is 42.5 Å². The van der Waals surface area contributed by atoms with Crippen LogP contribution in [0.4, 0.5) is 0 Å². The maximum atomic E-state index is 13.6. The molecule has 6 rings (SSSR count). The van der Waals surface area contributed by atoms with E-state index >= 15 is 0 Å². The second kappa shape index (κ2) is 8.15. The highest BCUT2D eigenvalue weighted by atomic mass is 16.1. The van der Waals surface area contributed by atoms with E-state index in [9.17, 15) is 4.79 Å². The van der Waals surface area contributed by atoms with Gasteiger partial charge < -0.3 is 4.98 Å². The number of aromatic amines is 1. The van der Waals surface area contributed by atoms with E-state index in [1.54, 1.807) is 4.68 Å². The highest BCUT2D eigenvalue weighted by Crippen LogP contribution is 2.38. The number of benzene rings is 2. The maximum Gasteiger partial charge on any atom is 0.276 e. The van der Waals surface area contributed by atoms with Crippen LogP contribution in [0.5, 0.6) is 0 Å². The molecule has 0 aliphatic carbocycles. The molecule has 0 radical (unpaired) electrons. The third-order valence-electron chi connectivity index (χ3n) is 7.14. The lowest BCUT2D eigenvalue weighted by molar-refractivity contribution is 0.197. The van der Waals surface area contributed by atoms with Crippen molar-refractivity contribution in [2.24, 2.45) is 7.05 Å². The summed E-state index contributed by atoms with van der Waals surface area (Å²) in [5.41, 5.74) is 7.40. The van der Waals surface area contributed by atoms with Gasteiger partial charge in [-0.2, -0.15) is 0 Å². The van der Waals surface area contributed by atoms with E-state index < -0.39 is 0 Å². The fourth-order valence-corrected chi connectivity index (χ4v) is 5.34. The average Bonchev–Trinajstić information content (AvgIpc) is 3.35. The summed E-state index contributed by atoms with van der Waals surface area (Å²) in [6.45, 7) is 3.45. The van der Waals surface area contributed by atoms with E-state index in [-0.39, 0.29) is 11.6 Å². The molecule has 0 unspecified atom stereocenters. The van der Waals surface area contributed by atoms with Crippen molar-refractivity contribution in [1.29, 1.82) is 0 Å². The molecule has 1 N–H and O–H groups in total. The first-order valence-electron chi connectivity index (χ1n) is 11.7. The lowest BCUT2D eigenvalue weighted by atomic mass is 9.94. The molecule has 34 heavy (non-hydrogen) atoms. The molecule has 3 aromatic heterocycles. The van der Waals surface area contributed by atoms with E-state index in [2.05, 4.69) is 40.2 Å². The zero-order valence-electron chi connectivity index (χ0n) is 19.4. The monoisotopic (exact) mass is 449 g/mol. The second-order valence-corrected chi connectivity index (χ2v) is 8.98. The van der Waals surface area contributed by atoms with Crippen molar-refractivity contribution in [1.82, 2.24) is 24.2 Å². The molecule has 6 nitrogen and oxygen atoms in total. The first kappa shape index (κ1) is 20.7. The van der Waals surface area contributed by atoms with Crippen molar-refractivity contribution in [3.05, 3.63) is 118 Å². The van der Waals surface area contributed by atoms with E-state index in [4.69, 9.17) is 4.98 Å². The molecule has 0 spiro atoms. The molecule has 1 aliphatic heterocycles. The first-order chi connectivity index (χ1) is 16.6. The van der Waals surface area contributed by atoms with Gasteiger partial charge in [-0.3, -0.25) is 19.4 Å². The van der Waals surface area contributed by atoms with E-state index in [0.29, 0.717) is 6.54 Å². The quantitative estimate of drug-likeness (QED) is 0.439. The summed E-state index contributed by atoms with van der Waals surface area (Å²) >= 11 is 0. The summed E-state index contributed by atoms with van der Waals surface area (Å²) in [6, 6.07) is 24.3. The minimum atomic E-state index is -0.0402. The zero-order chi connectivity index (χ0) is 23.2. The summed E-state index contributed by atoms with van der Waals surface area (Å²) in [7, 11) is 1.95. The van der Waals surface area contributed by atoms with Gasteiger partial charge in [0.05, 0.1) is 23.0 Å². The van der Waals surface area contributed by atoms with Gasteiger partial charge >= 0.3 is 0 Å². The van der Waals surface area contributed by atoms with Crippen LogP contribution in [0.1, 0.15) is 34.3 Å².